The van der Waals surface area contributed by atoms with Gasteiger partial charge in [-0.15, -0.1) is 0 Å². The van der Waals surface area contributed by atoms with Gasteiger partial charge in [-0.25, -0.2) is 4.39 Å². The van der Waals surface area contributed by atoms with E-state index in [2.05, 4.69) is 33.9 Å². The molecule has 0 amide bonds. The Bertz CT molecular complexity index is 627. The molecule has 1 aliphatic heterocycles. The van der Waals surface area contributed by atoms with Gasteiger partial charge in [0.25, 0.3) is 0 Å². The van der Waals surface area contributed by atoms with Gasteiger partial charge in [0.2, 0.25) is 0 Å². The molecule has 0 radical (unpaired) electrons. The van der Waals surface area contributed by atoms with Crippen molar-refractivity contribution >= 4 is 11.9 Å². The number of likely N-dealkylation sites (tertiary alicyclic amines) is 1. The summed E-state index contributed by atoms with van der Waals surface area (Å²) in [6.45, 7) is 4.10. The SMILES string of the molecule is CSNCc1ccc(CN2CCCC(c3ccc(F)cc3)C2)cc1. The van der Waals surface area contributed by atoms with E-state index in [1.165, 1.54) is 29.5 Å². The van der Waals surface area contributed by atoms with Crippen molar-refractivity contribution in [3.63, 3.8) is 0 Å². The summed E-state index contributed by atoms with van der Waals surface area (Å²) < 4.78 is 16.4. The van der Waals surface area contributed by atoms with Gasteiger partial charge < -0.3 is 0 Å². The molecule has 1 aliphatic rings. The Kier molecular flexibility index (Phi) is 6.30. The zero-order valence-electron chi connectivity index (χ0n) is 14.2. The van der Waals surface area contributed by atoms with E-state index in [1.54, 1.807) is 24.1 Å². The smallest absolute Gasteiger partial charge is 0.123 e. The molecule has 1 saturated heterocycles. The van der Waals surface area contributed by atoms with Crippen LogP contribution >= 0.6 is 11.9 Å². The summed E-state index contributed by atoms with van der Waals surface area (Å²) >= 11 is 1.65. The van der Waals surface area contributed by atoms with Crippen molar-refractivity contribution in [3.8, 4) is 0 Å². The monoisotopic (exact) mass is 344 g/mol. The number of piperidine rings is 1. The lowest BCUT2D eigenvalue weighted by Crippen LogP contribution is -2.33. The Morgan fingerprint density at radius 2 is 1.79 bits per heavy atom. The van der Waals surface area contributed by atoms with E-state index in [9.17, 15) is 4.39 Å². The van der Waals surface area contributed by atoms with E-state index in [-0.39, 0.29) is 5.82 Å². The quantitative estimate of drug-likeness (QED) is 0.773. The summed E-state index contributed by atoms with van der Waals surface area (Å²) in [6.07, 6.45) is 4.45. The predicted molar refractivity (Wildman–Crippen MR) is 100 cm³/mol. The third-order valence-electron chi connectivity index (χ3n) is 4.70. The standard InChI is InChI=1S/C20H25FN2S/c1-24-22-13-16-4-6-17(7-5-16)14-23-12-2-3-19(15-23)18-8-10-20(21)11-9-18/h4-11,19,22H,2-3,12-15H2,1H3. The zero-order chi connectivity index (χ0) is 16.8. The molecule has 3 rings (SSSR count). The maximum Gasteiger partial charge on any atom is 0.123 e. The lowest BCUT2D eigenvalue weighted by atomic mass is 9.90. The lowest BCUT2D eigenvalue weighted by molar-refractivity contribution is 0.200. The van der Waals surface area contributed by atoms with Crippen LogP contribution in [0.15, 0.2) is 48.5 Å². The molecule has 2 aromatic rings. The third-order valence-corrected chi connectivity index (χ3v) is 5.13. The normalized spacial score (nSPS) is 18.7. The second kappa shape index (κ2) is 8.65. The average molecular weight is 344 g/mol. The minimum atomic E-state index is -0.150. The second-order valence-corrected chi connectivity index (χ2v) is 7.16. The Morgan fingerprint density at radius 1 is 1.08 bits per heavy atom. The van der Waals surface area contributed by atoms with Crippen molar-refractivity contribution in [2.45, 2.75) is 31.8 Å². The summed E-state index contributed by atoms with van der Waals surface area (Å²) in [6, 6.07) is 15.9. The lowest BCUT2D eigenvalue weighted by Gasteiger charge is -2.33. The molecule has 0 bridgehead atoms. The van der Waals surface area contributed by atoms with Gasteiger partial charge >= 0.3 is 0 Å². The van der Waals surface area contributed by atoms with Crippen molar-refractivity contribution in [1.29, 1.82) is 0 Å². The van der Waals surface area contributed by atoms with Crippen molar-refractivity contribution in [3.05, 3.63) is 71.0 Å². The Hall–Kier alpha value is -1.36. The van der Waals surface area contributed by atoms with E-state index in [4.69, 9.17) is 0 Å². The zero-order valence-corrected chi connectivity index (χ0v) is 15.0. The van der Waals surface area contributed by atoms with E-state index in [0.29, 0.717) is 5.92 Å². The third kappa shape index (κ3) is 4.82. The molecule has 2 nitrogen and oxygen atoms in total. The van der Waals surface area contributed by atoms with E-state index in [0.717, 1.165) is 26.2 Å². The van der Waals surface area contributed by atoms with Crippen LogP contribution in [0.25, 0.3) is 0 Å². The number of rotatable bonds is 6. The summed E-state index contributed by atoms with van der Waals surface area (Å²) in [7, 11) is 0. The van der Waals surface area contributed by atoms with Gasteiger partial charge in [0.05, 0.1) is 0 Å². The minimum absolute atomic E-state index is 0.150. The van der Waals surface area contributed by atoms with Crippen LogP contribution in [-0.4, -0.2) is 24.2 Å². The first-order valence-corrected chi connectivity index (χ1v) is 9.78. The first-order valence-electron chi connectivity index (χ1n) is 8.56. The molecule has 1 unspecified atom stereocenters. The van der Waals surface area contributed by atoms with Gasteiger partial charge in [-0.1, -0.05) is 48.3 Å². The summed E-state index contributed by atoms with van der Waals surface area (Å²) in [5.74, 6) is 0.367. The molecule has 4 heteroatoms. The molecular formula is C20H25FN2S. The summed E-state index contributed by atoms with van der Waals surface area (Å²) in [5.41, 5.74) is 3.94. The van der Waals surface area contributed by atoms with Gasteiger partial charge in [0, 0.05) is 19.6 Å². The topological polar surface area (TPSA) is 15.3 Å². The second-order valence-electron chi connectivity index (χ2n) is 6.47. The molecule has 1 heterocycles. The first kappa shape index (κ1) is 17.5. The van der Waals surface area contributed by atoms with Crippen LogP contribution in [0.4, 0.5) is 4.39 Å². The Labute approximate surface area is 148 Å². The predicted octanol–water partition coefficient (Wildman–Crippen LogP) is 4.57. The number of nitrogens with one attached hydrogen (secondary N) is 1. The van der Waals surface area contributed by atoms with Crippen LogP contribution in [-0.2, 0) is 13.1 Å². The van der Waals surface area contributed by atoms with Gasteiger partial charge in [0.1, 0.15) is 5.82 Å². The van der Waals surface area contributed by atoms with Gasteiger partial charge in [-0.2, -0.15) is 0 Å². The van der Waals surface area contributed by atoms with Crippen LogP contribution in [0.3, 0.4) is 0 Å². The maximum atomic E-state index is 13.1. The number of halogens is 1. The molecule has 128 valence electrons. The average Bonchev–Trinajstić information content (AvgIpc) is 2.62. The molecular weight excluding hydrogens is 319 g/mol. The molecule has 1 N–H and O–H groups in total. The molecule has 0 aliphatic carbocycles. The van der Waals surface area contributed by atoms with Gasteiger partial charge in [0.15, 0.2) is 0 Å². The fourth-order valence-corrected chi connectivity index (χ4v) is 3.69. The highest BCUT2D eigenvalue weighted by molar-refractivity contribution is 7.96. The molecule has 0 spiro atoms. The highest BCUT2D eigenvalue weighted by Gasteiger charge is 2.21. The molecule has 24 heavy (non-hydrogen) atoms. The van der Waals surface area contributed by atoms with E-state index >= 15 is 0 Å². The van der Waals surface area contributed by atoms with E-state index in [1.807, 2.05) is 18.4 Å². The summed E-state index contributed by atoms with van der Waals surface area (Å²) in [4.78, 5) is 2.52. The fraction of sp³-hybridized carbons (Fsp3) is 0.400. The van der Waals surface area contributed by atoms with Crippen molar-refractivity contribution < 1.29 is 4.39 Å². The largest absolute Gasteiger partial charge is 0.298 e. The van der Waals surface area contributed by atoms with Crippen molar-refractivity contribution in [2.24, 2.45) is 0 Å². The van der Waals surface area contributed by atoms with Crippen LogP contribution in [0.5, 0.6) is 0 Å². The Morgan fingerprint density at radius 3 is 2.50 bits per heavy atom. The van der Waals surface area contributed by atoms with E-state index < -0.39 is 0 Å². The molecule has 0 saturated carbocycles. The molecule has 0 aromatic heterocycles. The van der Waals surface area contributed by atoms with Crippen LogP contribution < -0.4 is 4.72 Å². The maximum absolute atomic E-state index is 13.1. The first-order chi connectivity index (χ1) is 11.7. The van der Waals surface area contributed by atoms with Crippen LogP contribution in [0.2, 0.25) is 0 Å². The molecule has 2 aromatic carbocycles. The number of nitrogens with zero attached hydrogens (tertiary/aromatic N) is 1. The highest BCUT2D eigenvalue weighted by Crippen LogP contribution is 2.27. The van der Waals surface area contributed by atoms with Crippen LogP contribution in [0.1, 0.15) is 35.4 Å². The number of hydrogen-bond donors (Lipinski definition) is 1. The summed E-state index contributed by atoms with van der Waals surface area (Å²) in [5, 5.41) is 0. The molecule has 1 atom stereocenters. The molecule has 1 fully saturated rings. The number of hydrogen-bond acceptors (Lipinski definition) is 3. The van der Waals surface area contributed by atoms with Gasteiger partial charge in [-0.05, 0) is 60.4 Å². The van der Waals surface area contributed by atoms with Gasteiger partial charge in [-0.3, -0.25) is 9.62 Å². The van der Waals surface area contributed by atoms with Crippen molar-refractivity contribution in [1.82, 2.24) is 9.62 Å². The van der Waals surface area contributed by atoms with Crippen LogP contribution in [0, 0.1) is 5.82 Å². The highest BCUT2D eigenvalue weighted by atomic mass is 32.2. The minimum Gasteiger partial charge on any atom is -0.298 e. The Balaban J connectivity index is 1.57. The number of benzene rings is 2. The van der Waals surface area contributed by atoms with Crippen molar-refractivity contribution in [2.75, 3.05) is 19.3 Å². The fourth-order valence-electron chi connectivity index (χ4n) is 3.38.